The summed E-state index contributed by atoms with van der Waals surface area (Å²) in [6.45, 7) is 3.36. The first-order chi connectivity index (χ1) is 11.0. The predicted octanol–water partition coefficient (Wildman–Crippen LogP) is 2.14. The average molecular weight is 339 g/mol. The van der Waals surface area contributed by atoms with E-state index in [0.717, 1.165) is 32.7 Å². The molecule has 1 atom stereocenters. The van der Waals surface area contributed by atoms with E-state index in [2.05, 4.69) is 11.9 Å². The van der Waals surface area contributed by atoms with Gasteiger partial charge in [0.05, 0.1) is 24.3 Å². The molecule has 2 aliphatic rings. The molecule has 0 saturated carbocycles. The molecule has 6 heteroatoms. The van der Waals surface area contributed by atoms with Crippen LogP contribution in [0.1, 0.15) is 16.8 Å². The maximum Gasteiger partial charge on any atom is 0.254 e. The summed E-state index contributed by atoms with van der Waals surface area (Å²) in [5.74, 6) is 1.17. The largest absolute Gasteiger partial charge is 0.495 e. The fraction of sp³-hybridized carbons (Fsp3) is 0.588. The molecule has 2 heterocycles. The lowest BCUT2D eigenvalue weighted by Crippen LogP contribution is -2.68. The Morgan fingerprint density at radius 3 is 2.74 bits per heavy atom. The quantitative estimate of drug-likeness (QED) is 0.843. The number of hydrogen-bond donors (Lipinski definition) is 0. The van der Waals surface area contributed by atoms with Gasteiger partial charge in [-0.1, -0.05) is 11.6 Å². The first kappa shape index (κ1) is 16.6. The first-order valence-corrected chi connectivity index (χ1v) is 8.20. The Balaban J connectivity index is 1.65. The molecule has 2 saturated heterocycles. The minimum atomic E-state index is 0.0313. The molecule has 0 aromatic heterocycles. The van der Waals surface area contributed by atoms with Gasteiger partial charge in [0.1, 0.15) is 5.75 Å². The molecule has 0 N–H and O–H groups in total. The highest BCUT2D eigenvalue weighted by molar-refractivity contribution is 6.32. The summed E-state index contributed by atoms with van der Waals surface area (Å²) in [5, 5.41) is 0.465. The van der Waals surface area contributed by atoms with Gasteiger partial charge in [-0.25, -0.2) is 0 Å². The van der Waals surface area contributed by atoms with E-state index in [1.807, 2.05) is 4.90 Å². The van der Waals surface area contributed by atoms with E-state index in [0.29, 0.717) is 22.3 Å². The number of amides is 1. The van der Waals surface area contributed by atoms with Gasteiger partial charge in [0.25, 0.3) is 5.91 Å². The van der Waals surface area contributed by atoms with Crippen LogP contribution in [-0.2, 0) is 4.74 Å². The van der Waals surface area contributed by atoms with Gasteiger partial charge in [0.15, 0.2) is 0 Å². The zero-order valence-electron chi connectivity index (χ0n) is 13.8. The molecule has 0 bridgehead atoms. The number of halogens is 1. The minimum absolute atomic E-state index is 0.0313. The van der Waals surface area contributed by atoms with Crippen molar-refractivity contribution in [3.05, 3.63) is 28.8 Å². The van der Waals surface area contributed by atoms with Crippen molar-refractivity contribution in [2.75, 3.05) is 47.5 Å². The Morgan fingerprint density at radius 2 is 2.13 bits per heavy atom. The highest BCUT2D eigenvalue weighted by atomic mass is 35.5. The maximum atomic E-state index is 12.6. The van der Waals surface area contributed by atoms with Crippen LogP contribution in [0.2, 0.25) is 5.02 Å². The van der Waals surface area contributed by atoms with E-state index >= 15 is 0 Å². The fourth-order valence-electron chi connectivity index (χ4n) is 3.85. The Morgan fingerprint density at radius 1 is 1.39 bits per heavy atom. The second-order valence-electron chi connectivity index (χ2n) is 6.64. The van der Waals surface area contributed by atoms with Crippen LogP contribution in [0.4, 0.5) is 0 Å². The second kappa shape index (κ2) is 6.30. The van der Waals surface area contributed by atoms with Crippen LogP contribution in [0.5, 0.6) is 5.75 Å². The highest BCUT2D eigenvalue weighted by Gasteiger charge is 2.53. The lowest BCUT2D eigenvalue weighted by atomic mass is 9.84. The lowest BCUT2D eigenvalue weighted by molar-refractivity contribution is -0.00784. The maximum absolute atomic E-state index is 12.6. The van der Waals surface area contributed by atoms with Crippen molar-refractivity contribution >= 4 is 17.5 Å². The van der Waals surface area contributed by atoms with Crippen molar-refractivity contribution in [1.82, 2.24) is 9.80 Å². The van der Waals surface area contributed by atoms with Crippen LogP contribution < -0.4 is 4.74 Å². The van der Waals surface area contributed by atoms with Crippen molar-refractivity contribution in [2.24, 2.45) is 5.92 Å². The fourth-order valence-corrected chi connectivity index (χ4v) is 4.10. The smallest absolute Gasteiger partial charge is 0.254 e. The summed E-state index contributed by atoms with van der Waals surface area (Å²) in [5.41, 5.74) is 0.731. The number of rotatable bonds is 4. The van der Waals surface area contributed by atoms with Gasteiger partial charge in [-0.15, -0.1) is 0 Å². The van der Waals surface area contributed by atoms with Crippen LogP contribution in [-0.4, -0.2) is 68.8 Å². The summed E-state index contributed by atoms with van der Waals surface area (Å²) in [4.78, 5) is 16.9. The monoisotopic (exact) mass is 338 g/mol. The standard InChI is InChI=1S/C17H23ClN2O3/c1-19-8-12(9-22-2)7-17(19)10-20(11-17)16(21)13-4-5-15(23-3)14(18)6-13/h4-6,12H,7-11H2,1-3H3. The van der Waals surface area contributed by atoms with Crippen molar-refractivity contribution in [2.45, 2.75) is 12.0 Å². The number of carbonyl (C=O) groups excluding carboxylic acids is 1. The zero-order chi connectivity index (χ0) is 16.6. The van der Waals surface area contributed by atoms with Gasteiger partial charge in [-0.05, 0) is 37.6 Å². The van der Waals surface area contributed by atoms with E-state index in [9.17, 15) is 4.79 Å². The number of likely N-dealkylation sites (N-methyl/N-ethyl adjacent to an activating group) is 1. The van der Waals surface area contributed by atoms with Crippen molar-refractivity contribution in [1.29, 1.82) is 0 Å². The van der Waals surface area contributed by atoms with Gasteiger partial charge in [0, 0.05) is 32.3 Å². The van der Waals surface area contributed by atoms with Crippen LogP contribution in [0.15, 0.2) is 18.2 Å². The van der Waals surface area contributed by atoms with Gasteiger partial charge in [0.2, 0.25) is 0 Å². The molecule has 0 aliphatic carbocycles. The Bertz CT molecular complexity index is 602. The van der Waals surface area contributed by atoms with E-state index in [4.69, 9.17) is 21.1 Å². The van der Waals surface area contributed by atoms with E-state index in [1.54, 1.807) is 32.4 Å². The molecular formula is C17H23ClN2O3. The summed E-state index contributed by atoms with van der Waals surface area (Å²) in [6, 6.07) is 5.19. The SMILES string of the molecule is COCC1CN(C)C2(C1)CN(C(=O)c1ccc(OC)c(Cl)c1)C2. The van der Waals surface area contributed by atoms with Gasteiger partial charge < -0.3 is 14.4 Å². The number of nitrogens with zero attached hydrogens (tertiary/aromatic N) is 2. The Hall–Kier alpha value is -1.30. The van der Waals surface area contributed by atoms with Gasteiger partial charge >= 0.3 is 0 Å². The second-order valence-corrected chi connectivity index (χ2v) is 7.05. The molecule has 23 heavy (non-hydrogen) atoms. The normalized spacial score (nSPS) is 23.1. The molecule has 1 amide bonds. The van der Waals surface area contributed by atoms with Crippen molar-refractivity contribution < 1.29 is 14.3 Å². The molecule has 1 unspecified atom stereocenters. The molecular weight excluding hydrogens is 316 g/mol. The summed E-state index contributed by atoms with van der Waals surface area (Å²) in [7, 11) is 5.45. The van der Waals surface area contributed by atoms with Crippen molar-refractivity contribution in [3.8, 4) is 5.75 Å². The van der Waals surface area contributed by atoms with E-state index in [-0.39, 0.29) is 11.4 Å². The van der Waals surface area contributed by atoms with Crippen LogP contribution in [0.3, 0.4) is 0 Å². The van der Waals surface area contributed by atoms with Crippen LogP contribution >= 0.6 is 11.6 Å². The van der Waals surface area contributed by atoms with Crippen LogP contribution in [0.25, 0.3) is 0 Å². The minimum Gasteiger partial charge on any atom is -0.495 e. The average Bonchev–Trinajstić information content (AvgIpc) is 2.82. The number of benzene rings is 1. The van der Waals surface area contributed by atoms with Gasteiger partial charge in [-0.2, -0.15) is 0 Å². The number of carbonyl (C=O) groups is 1. The van der Waals surface area contributed by atoms with E-state index < -0.39 is 0 Å². The third kappa shape index (κ3) is 2.93. The van der Waals surface area contributed by atoms with Crippen LogP contribution in [0, 0.1) is 5.92 Å². The molecule has 1 aromatic carbocycles. The highest BCUT2D eigenvalue weighted by Crippen LogP contribution is 2.40. The summed E-state index contributed by atoms with van der Waals surface area (Å²) in [6.07, 6.45) is 1.09. The summed E-state index contributed by atoms with van der Waals surface area (Å²) < 4.78 is 10.4. The summed E-state index contributed by atoms with van der Waals surface area (Å²) >= 11 is 6.12. The number of methoxy groups -OCH3 is 2. The molecule has 126 valence electrons. The zero-order valence-corrected chi connectivity index (χ0v) is 14.6. The van der Waals surface area contributed by atoms with E-state index in [1.165, 1.54) is 0 Å². The molecule has 1 aromatic rings. The number of likely N-dealkylation sites (tertiary alicyclic amines) is 2. The molecule has 1 spiro atoms. The first-order valence-electron chi connectivity index (χ1n) is 7.82. The Labute approximate surface area is 142 Å². The third-order valence-corrected chi connectivity index (χ3v) is 5.36. The molecule has 3 rings (SSSR count). The lowest BCUT2D eigenvalue weighted by Gasteiger charge is -2.52. The topological polar surface area (TPSA) is 42.0 Å². The Kier molecular flexibility index (Phi) is 4.54. The molecule has 2 fully saturated rings. The molecule has 5 nitrogen and oxygen atoms in total. The van der Waals surface area contributed by atoms with Gasteiger partial charge in [-0.3, -0.25) is 9.69 Å². The number of ether oxygens (including phenoxy) is 2. The predicted molar refractivity (Wildman–Crippen MR) is 89.3 cm³/mol. The number of hydrogen-bond acceptors (Lipinski definition) is 4. The molecule has 0 radical (unpaired) electrons. The molecule has 2 aliphatic heterocycles. The van der Waals surface area contributed by atoms with Crippen molar-refractivity contribution in [3.63, 3.8) is 0 Å². The third-order valence-electron chi connectivity index (χ3n) is 5.07.